The van der Waals surface area contributed by atoms with Crippen LogP contribution in [0.15, 0.2) is 30.3 Å². The van der Waals surface area contributed by atoms with Crippen molar-refractivity contribution in [1.29, 1.82) is 0 Å². The van der Waals surface area contributed by atoms with E-state index in [2.05, 4.69) is 19.2 Å². The van der Waals surface area contributed by atoms with Gasteiger partial charge in [-0.05, 0) is 17.9 Å². The fraction of sp³-hybridized carbons (Fsp3) is 0.467. The Bertz CT molecular complexity index is 456. The number of nitrogens with one attached hydrogen (secondary N) is 1. The molecule has 0 saturated carbocycles. The number of benzene rings is 1. The molecule has 0 radical (unpaired) electrons. The van der Waals surface area contributed by atoms with E-state index < -0.39 is 0 Å². The SMILES string of the molecule is CC(C)CC1C(=O)NCC(=O)N1Cc1ccccc1. The molecule has 1 N–H and O–H groups in total. The molecule has 0 aliphatic carbocycles. The lowest BCUT2D eigenvalue weighted by atomic mass is 9.99. The average Bonchev–Trinajstić information content (AvgIpc) is 2.39. The van der Waals surface area contributed by atoms with Gasteiger partial charge >= 0.3 is 0 Å². The van der Waals surface area contributed by atoms with Crippen LogP contribution in [0.5, 0.6) is 0 Å². The van der Waals surface area contributed by atoms with Gasteiger partial charge in [0.25, 0.3) is 0 Å². The highest BCUT2D eigenvalue weighted by Crippen LogP contribution is 2.18. The van der Waals surface area contributed by atoms with Crippen LogP contribution in [0, 0.1) is 5.92 Å². The molecule has 1 aromatic rings. The van der Waals surface area contributed by atoms with Crippen LogP contribution in [0.4, 0.5) is 0 Å². The number of hydrogen-bond donors (Lipinski definition) is 1. The molecule has 1 atom stereocenters. The highest BCUT2D eigenvalue weighted by molar-refractivity contribution is 5.94. The molecule has 1 saturated heterocycles. The summed E-state index contributed by atoms with van der Waals surface area (Å²) >= 11 is 0. The monoisotopic (exact) mass is 260 g/mol. The first-order valence-electron chi connectivity index (χ1n) is 6.69. The van der Waals surface area contributed by atoms with E-state index in [0.29, 0.717) is 18.9 Å². The smallest absolute Gasteiger partial charge is 0.243 e. The summed E-state index contributed by atoms with van der Waals surface area (Å²) < 4.78 is 0. The Morgan fingerprint density at radius 2 is 1.95 bits per heavy atom. The van der Waals surface area contributed by atoms with Crippen molar-refractivity contribution in [2.45, 2.75) is 32.9 Å². The summed E-state index contributed by atoms with van der Waals surface area (Å²) in [5.41, 5.74) is 1.05. The second kappa shape index (κ2) is 5.87. The van der Waals surface area contributed by atoms with Gasteiger partial charge in [0.1, 0.15) is 6.04 Å². The third-order valence-corrected chi connectivity index (χ3v) is 3.30. The molecule has 1 aromatic carbocycles. The number of piperazine rings is 1. The van der Waals surface area contributed by atoms with E-state index in [1.54, 1.807) is 4.90 Å². The molecule has 4 nitrogen and oxygen atoms in total. The van der Waals surface area contributed by atoms with Gasteiger partial charge in [-0.3, -0.25) is 9.59 Å². The Morgan fingerprint density at radius 3 is 2.58 bits per heavy atom. The maximum atomic E-state index is 12.0. The van der Waals surface area contributed by atoms with Crippen molar-refractivity contribution in [3.8, 4) is 0 Å². The maximum absolute atomic E-state index is 12.0. The van der Waals surface area contributed by atoms with E-state index >= 15 is 0 Å². The van der Waals surface area contributed by atoms with Gasteiger partial charge in [-0.1, -0.05) is 44.2 Å². The molecule has 102 valence electrons. The van der Waals surface area contributed by atoms with E-state index in [1.807, 2.05) is 30.3 Å². The molecule has 4 heteroatoms. The summed E-state index contributed by atoms with van der Waals surface area (Å²) in [7, 11) is 0. The molecule has 1 unspecified atom stereocenters. The van der Waals surface area contributed by atoms with Crippen LogP contribution >= 0.6 is 0 Å². The topological polar surface area (TPSA) is 49.4 Å². The van der Waals surface area contributed by atoms with Crippen molar-refractivity contribution >= 4 is 11.8 Å². The van der Waals surface area contributed by atoms with Crippen LogP contribution in [-0.2, 0) is 16.1 Å². The molecular formula is C15H20N2O2. The van der Waals surface area contributed by atoms with Crippen LogP contribution in [0.2, 0.25) is 0 Å². The number of carbonyl (C=O) groups excluding carboxylic acids is 2. The van der Waals surface area contributed by atoms with Crippen molar-refractivity contribution in [3.63, 3.8) is 0 Å². The van der Waals surface area contributed by atoms with E-state index in [1.165, 1.54) is 0 Å². The maximum Gasteiger partial charge on any atom is 0.243 e. The van der Waals surface area contributed by atoms with Gasteiger partial charge in [0.05, 0.1) is 6.54 Å². The molecule has 0 spiro atoms. The molecule has 0 aromatic heterocycles. The van der Waals surface area contributed by atoms with E-state index in [9.17, 15) is 9.59 Å². The standard InChI is InChI=1S/C15H20N2O2/c1-11(2)8-13-15(19)16-9-14(18)17(13)10-12-6-4-3-5-7-12/h3-7,11,13H,8-10H2,1-2H3,(H,16,19). The normalized spacial score (nSPS) is 19.7. The molecule has 1 heterocycles. The van der Waals surface area contributed by atoms with Gasteiger partial charge in [-0.15, -0.1) is 0 Å². The quantitative estimate of drug-likeness (QED) is 0.893. The van der Waals surface area contributed by atoms with Crippen molar-refractivity contribution < 1.29 is 9.59 Å². The summed E-state index contributed by atoms with van der Waals surface area (Å²) in [6.45, 7) is 4.74. The highest BCUT2D eigenvalue weighted by atomic mass is 16.2. The van der Waals surface area contributed by atoms with Crippen LogP contribution in [0.3, 0.4) is 0 Å². The molecule has 1 aliphatic rings. The van der Waals surface area contributed by atoms with Gasteiger partial charge in [-0.25, -0.2) is 0 Å². The van der Waals surface area contributed by atoms with E-state index in [0.717, 1.165) is 5.56 Å². The third kappa shape index (κ3) is 3.34. The summed E-state index contributed by atoms with van der Waals surface area (Å²) in [5.74, 6) is 0.332. The molecule has 1 aliphatic heterocycles. The molecule has 2 amide bonds. The largest absolute Gasteiger partial charge is 0.345 e. The van der Waals surface area contributed by atoms with Crippen LogP contribution in [0.25, 0.3) is 0 Å². The van der Waals surface area contributed by atoms with Gasteiger partial charge in [0.15, 0.2) is 0 Å². The lowest BCUT2D eigenvalue weighted by molar-refractivity contribution is -0.146. The predicted molar refractivity (Wildman–Crippen MR) is 73.2 cm³/mol. The molecule has 1 fully saturated rings. The summed E-state index contributed by atoms with van der Waals surface area (Å²) in [6.07, 6.45) is 0.699. The van der Waals surface area contributed by atoms with E-state index in [-0.39, 0.29) is 24.4 Å². The van der Waals surface area contributed by atoms with Crippen LogP contribution in [0.1, 0.15) is 25.8 Å². The first-order chi connectivity index (χ1) is 9.08. The first-order valence-corrected chi connectivity index (χ1v) is 6.69. The Balaban J connectivity index is 2.17. The fourth-order valence-electron chi connectivity index (χ4n) is 2.36. The second-order valence-corrected chi connectivity index (χ2v) is 5.37. The second-order valence-electron chi connectivity index (χ2n) is 5.37. The number of hydrogen-bond acceptors (Lipinski definition) is 2. The predicted octanol–water partition coefficient (Wildman–Crippen LogP) is 1.56. The number of nitrogens with zero attached hydrogens (tertiary/aromatic N) is 1. The lowest BCUT2D eigenvalue weighted by Crippen LogP contribution is -2.58. The van der Waals surface area contributed by atoms with Crippen molar-refractivity contribution in [2.75, 3.05) is 6.54 Å². The Labute approximate surface area is 113 Å². The average molecular weight is 260 g/mol. The van der Waals surface area contributed by atoms with Gasteiger partial charge in [0.2, 0.25) is 11.8 Å². The highest BCUT2D eigenvalue weighted by Gasteiger charge is 2.34. The summed E-state index contributed by atoms with van der Waals surface area (Å²) in [4.78, 5) is 25.7. The van der Waals surface area contributed by atoms with Crippen molar-refractivity contribution in [3.05, 3.63) is 35.9 Å². The minimum absolute atomic E-state index is 0.00546. The minimum atomic E-state index is -0.346. The number of carbonyl (C=O) groups is 2. The van der Waals surface area contributed by atoms with Crippen LogP contribution in [-0.4, -0.2) is 29.3 Å². The van der Waals surface area contributed by atoms with Crippen LogP contribution < -0.4 is 5.32 Å². The number of rotatable bonds is 4. The fourth-order valence-corrected chi connectivity index (χ4v) is 2.36. The van der Waals surface area contributed by atoms with Gasteiger partial charge < -0.3 is 10.2 Å². The number of amides is 2. The minimum Gasteiger partial charge on any atom is -0.345 e. The molecule has 19 heavy (non-hydrogen) atoms. The Morgan fingerprint density at radius 1 is 1.26 bits per heavy atom. The lowest BCUT2D eigenvalue weighted by Gasteiger charge is -2.35. The van der Waals surface area contributed by atoms with Gasteiger partial charge in [-0.2, -0.15) is 0 Å². The third-order valence-electron chi connectivity index (χ3n) is 3.30. The zero-order valence-corrected chi connectivity index (χ0v) is 11.4. The molecule has 2 rings (SSSR count). The zero-order chi connectivity index (χ0) is 13.8. The summed E-state index contributed by atoms with van der Waals surface area (Å²) in [5, 5.41) is 2.67. The molecular weight excluding hydrogens is 240 g/mol. The zero-order valence-electron chi connectivity index (χ0n) is 11.4. The molecule has 0 bridgehead atoms. The Kier molecular flexibility index (Phi) is 4.20. The van der Waals surface area contributed by atoms with Crippen molar-refractivity contribution in [1.82, 2.24) is 10.2 Å². The van der Waals surface area contributed by atoms with Crippen molar-refractivity contribution in [2.24, 2.45) is 5.92 Å². The van der Waals surface area contributed by atoms with Gasteiger partial charge in [0, 0.05) is 6.54 Å². The van der Waals surface area contributed by atoms with E-state index in [4.69, 9.17) is 0 Å². The first kappa shape index (κ1) is 13.6. The summed E-state index contributed by atoms with van der Waals surface area (Å²) in [6, 6.07) is 9.45. The Hall–Kier alpha value is -1.84.